The molecule has 130 valence electrons. The highest BCUT2D eigenvalue weighted by Crippen LogP contribution is 2.18. The summed E-state index contributed by atoms with van der Waals surface area (Å²) in [6.45, 7) is 4.83. The van der Waals surface area contributed by atoms with Crippen LogP contribution in [0.25, 0.3) is 0 Å². The van der Waals surface area contributed by atoms with Crippen LogP contribution < -0.4 is 5.32 Å². The van der Waals surface area contributed by atoms with Crippen LogP contribution in [0, 0.1) is 6.92 Å². The number of methoxy groups -OCH3 is 1. The van der Waals surface area contributed by atoms with Gasteiger partial charge in [-0.15, -0.1) is 11.3 Å². The zero-order valence-corrected chi connectivity index (χ0v) is 15.3. The molecule has 2 rings (SSSR count). The van der Waals surface area contributed by atoms with Gasteiger partial charge < -0.3 is 10.1 Å². The molecule has 0 unspecified atom stereocenters. The first-order valence-electron chi connectivity index (χ1n) is 8.73. The molecule has 0 radical (unpaired) electrons. The van der Waals surface area contributed by atoms with Gasteiger partial charge in [0.1, 0.15) is 0 Å². The van der Waals surface area contributed by atoms with Crippen molar-refractivity contribution in [2.45, 2.75) is 58.0 Å². The van der Waals surface area contributed by atoms with Gasteiger partial charge in [-0.3, -0.25) is 9.69 Å². The summed E-state index contributed by atoms with van der Waals surface area (Å²) in [5.74, 6) is 0.154. The molecule has 1 amide bonds. The quantitative estimate of drug-likeness (QED) is 0.739. The third kappa shape index (κ3) is 7.02. The lowest BCUT2D eigenvalue weighted by molar-refractivity contribution is -0.123. The summed E-state index contributed by atoms with van der Waals surface area (Å²) in [7, 11) is 1.71. The summed E-state index contributed by atoms with van der Waals surface area (Å²) in [5, 5.41) is 3.24. The average Bonchev–Trinajstić information content (AvgIpc) is 2.76. The molecule has 1 aromatic rings. The Kier molecular flexibility index (Phi) is 8.06. The molecule has 1 aliphatic rings. The van der Waals surface area contributed by atoms with Crippen molar-refractivity contribution in [3.8, 4) is 0 Å². The van der Waals surface area contributed by atoms with Crippen LogP contribution in [0.4, 0.5) is 0 Å². The minimum atomic E-state index is 0.154. The van der Waals surface area contributed by atoms with Crippen LogP contribution in [0.3, 0.4) is 0 Å². The van der Waals surface area contributed by atoms with Gasteiger partial charge in [-0.25, -0.2) is 0 Å². The van der Waals surface area contributed by atoms with Crippen molar-refractivity contribution in [1.29, 1.82) is 0 Å². The molecule has 1 saturated carbocycles. The highest BCUT2D eigenvalue weighted by atomic mass is 32.1. The molecule has 0 atom stereocenters. The molecule has 1 heterocycles. The number of rotatable bonds is 8. The number of carbonyl (C=O) groups excluding carboxylic acids is 1. The fourth-order valence-corrected chi connectivity index (χ4v) is 4.06. The Hall–Kier alpha value is -0.910. The monoisotopic (exact) mass is 338 g/mol. The van der Waals surface area contributed by atoms with Gasteiger partial charge in [0.05, 0.1) is 13.2 Å². The van der Waals surface area contributed by atoms with Gasteiger partial charge >= 0.3 is 0 Å². The van der Waals surface area contributed by atoms with Crippen LogP contribution in [0.15, 0.2) is 12.1 Å². The molecule has 4 nitrogen and oxygen atoms in total. The number of carbonyl (C=O) groups is 1. The predicted octanol–water partition coefficient (Wildman–Crippen LogP) is 3.34. The number of nitrogens with zero attached hydrogens (tertiary/aromatic N) is 1. The van der Waals surface area contributed by atoms with Crippen molar-refractivity contribution < 1.29 is 9.53 Å². The molecule has 0 aliphatic heterocycles. The molecule has 0 spiro atoms. The second-order valence-electron chi connectivity index (χ2n) is 6.47. The van der Waals surface area contributed by atoms with Crippen molar-refractivity contribution in [3.63, 3.8) is 0 Å². The Morgan fingerprint density at radius 2 is 2.04 bits per heavy atom. The molecule has 1 aliphatic carbocycles. The second-order valence-corrected chi connectivity index (χ2v) is 7.84. The normalized spacial score (nSPS) is 16.5. The molecule has 0 saturated heterocycles. The van der Waals surface area contributed by atoms with E-state index in [4.69, 9.17) is 4.74 Å². The van der Waals surface area contributed by atoms with Crippen LogP contribution in [0.2, 0.25) is 0 Å². The average molecular weight is 339 g/mol. The van der Waals surface area contributed by atoms with Gasteiger partial charge in [-0.2, -0.15) is 0 Å². The topological polar surface area (TPSA) is 41.6 Å². The zero-order valence-electron chi connectivity index (χ0n) is 14.5. The maximum Gasteiger partial charge on any atom is 0.234 e. The third-order valence-electron chi connectivity index (χ3n) is 4.37. The number of hydrogen-bond donors (Lipinski definition) is 1. The van der Waals surface area contributed by atoms with Crippen LogP contribution in [0.1, 0.15) is 48.3 Å². The lowest BCUT2D eigenvalue weighted by atomic mass is 10.1. The predicted molar refractivity (Wildman–Crippen MR) is 95.8 cm³/mol. The molecule has 0 bridgehead atoms. The van der Waals surface area contributed by atoms with E-state index in [1.807, 2.05) is 0 Å². The van der Waals surface area contributed by atoms with Crippen LogP contribution in [0.5, 0.6) is 0 Å². The summed E-state index contributed by atoms with van der Waals surface area (Å²) in [6.07, 6.45) is 7.37. The van der Waals surface area contributed by atoms with Gasteiger partial charge in [0.15, 0.2) is 0 Å². The molecular formula is C18H30N2O2S. The number of aryl methyl sites for hydroxylation is 1. The Labute approximate surface area is 144 Å². The van der Waals surface area contributed by atoms with Gasteiger partial charge in [0.25, 0.3) is 0 Å². The van der Waals surface area contributed by atoms with Crippen molar-refractivity contribution in [3.05, 3.63) is 21.9 Å². The molecule has 0 aromatic carbocycles. The fraction of sp³-hybridized carbons (Fsp3) is 0.722. The van der Waals surface area contributed by atoms with E-state index >= 15 is 0 Å². The summed E-state index contributed by atoms with van der Waals surface area (Å²) in [5.41, 5.74) is 0. The minimum Gasteiger partial charge on any atom is -0.383 e. The maximum absolute atomic E-state index is 12.4. The first-order chi connectivity index (χ1) is 11.2. The van der Waals surface area contributed by atoms with E-state index in [0.29, 0.717) is 19.2 Å². The molecule has 1 N–H and O–H groups in total. The van der Waals surface area contributed by atoms with Crippen molar-refractivity contribution >= 4 is 17.2 Å². The van der Waals surface area contributed by atoms with E-state index in [1.54, 1.807) is 18.4 Å². The first kappa shape index (κ1) is 18.4. The van der Waals surface area contributed by atoms with Gasteiger partial charge in [0, 0.05) is 36.0 Å². The minimum absolute atomic E-state index is 0.154. The summed E-state index contributed by atoms with van der Waals surface area (Å²) in [6, 6.07) is 4.67. The lowest BCUT2D eigenvalue weighted by Crippen LogP contribution is -2.42. The Morgan fingerprint density at radius 3 is 2.65 bits per heavy atom. The number of nitrogens with one attached hydrogen (secondary N) is 1. The fourth-order valence-electron chi connectivity index (χ4n) is 3.12. The first-order valence-corrected chi connectivity index (χ1v) is 9.55. The van der Waals surface area contributed by atoms with Gasteiger partial charge in [0.2, 0.25) is 5.91 Å². The van der Waals surface area contributed by atoms with E-state index in [9.17, 15) is 4.79 Å². The van der Waals surface area contributed by atoms with E-state index < -0.39 is 0 Å². The highest BCUT2D eigenvalue weighted by Gasteiger charge is 2.17. The van der Waals surface area contributed by atoms with E-state index in [-0.39, 0.29) is 5.91 Å². The largest absolute Gasteiger partial charge is 0.383 e. The Bertz CT molecular complexity index is 467. The van der Waals surface area contributed by atoms with E-state index in [0.717, 1.165) is 25.9 Å². The maximum atomic E-state index is 12.4. The molecule has 5 heteroatoms. The third-order valence-corrected chi connectivity index (χ3v) is 5.36. The SMILES string of the molecule is COCCN(CC(=O)NC1CCCCCC1)Cc1ccc(C)s1. The highest BCUT2D eigenvalue weighted by molar-refractivity contribution is 7.11. The van der Waals surface area contributed by atoms with Crippen LogP contribution in [-0.4, -0.2) is 43.7 Å². The van der Waals surface area contributed by atoms with Crippen LogP contribution >= 0.6 is 11.3 Å². The smallest absolute Gasteiger partial charge is 0.234 e. The summed E-state index contributed by atoms with van der Waals surface area (Å²) in [4.78, 5) is 17.2. The van der Waals surface area contributed by atoms with Gasteiger partial charge in [-0.05, 0) is 31.9 Å². The van der Waals surface area contributed by atoms with Crippen molar-refractivity contribution in [2.24, 2.45) is 0 Å². The number of ether oxygens (including phenoxy) is 1. The van der Waals surface area contributed by atoms with Gasteiger partial charge in [-0.1, -0.05) is 25.7 Å². The standard InChI is InChI=1S/C18H30N2O2S/c1-15-9-10-17(23-15)13-20(11-12-22-2)14-18(21)19-16-7-5-3-4-6-8-16/h9-10,16H,3-8,11-14H2,1-2H3,(H,19,21). The second kappa shape index (κ2) is 10.1. The van der Waals surface area contributed by atoms with Crippen molar-refractivity contribution in [1.82, 2.24) is 10.2 Å². The summed E-state index contributed by atoms with van der Waals surface area (Å²) < 4.78 is 5.19. The molecule has 1 fully saturated rings. The number of hydrogen-bond acceptors (Lipinski definition) is 4. The molecule has 1 aromatic heterocycles. The molecule has 23 heavy (non-hydrogen) atoms. The van der Waals surface area contributed by atoms with E-state index in [2.05, 4.69) is 29.3 Å². The zero-order chi connectivity index (χ0) is 16.5. The van der Waals surface area contributed by atoms with Crippen LogP contribution in [-0.2, 0) is 16.1 Å². The van der Waals surface area contributed by atoms with Crippen molar-refractivity contribution in [2.75, 3.05) is 26.8 Å². The summed E-state index contributed by atoms with van der Waals surface area (Å²) >= 11 is 1.80. The molecular weight excluding hydrogens is 308 g/mol. The van der Waals surface area contributed by atoms with E-state index in [1.165, 1.54) is 35.4 Å². The number of amides is 1. The Balaban J connectivity index is 1.83. The lowest BCUT2D eigenvalue weighted by Gasteiger charge is -2.23. The number of thiophene rings is 1. The Morgan fingerprint density at radius 1 is 1.30 bits per heavy atom.